The molecule has 0 bridgehead atoms. The van der Waals surface area contributed by atoms with Crippen LogP contribution in [0, 0.1) is 11.7 Å². The van der Waals surface area contributed by atoms with Crippen molar-refractivity contribution in [3.8, 4) is 0 Å². The topological polar surface area (TPSA) is 124 Å². The number of hydrogen-bond donors (Lipinski definition) is 2. The molecular weight excluding hydrogens is 527 g/mol. The lowest BCUT2D eigenvalue weighted by molar-refractivity contribution is -0.142. The van der Waals surface area contributed by atoms with Gasteiger partial charge in [0.15, 0.2) is 5.78 Å². The van der Waals surface area contributed by atoms with Crippen LogP contribution in [0.3, 0.4) is 0 Å². The van der Waals surface area contributed by atoms with E-state index in [0.717, 1.165) is 6.42 Å². The lowest BCUT2D eigenvalue weighted by Crippen LogP contribution is -2.45. The first kappa shape index (κ1) is 26.7. The quantitative estimate of drug-likeness (QED) is 0.392. The van der Waals surface area contributed by atoms with Gasteiger partial charge in [-0.05, 0) is 55.4 Å². The van der Waals surface area contributed by atoms with Gasteiger partial charge < -0.3 is 20.7 Å². The number of halogens is 2. The van der Waals surface area contributed by atoms with E-state index in [1.807, 2.05) is 0 Å². The Balaban J connectivity index is 1.33. The van der Waals surface area contributed by atoms with E-state index in [-0.39, 0.29) is 48.6 Å². The van der Waals surface area contributed by atoms with Crippen LogP contribution in [-0.4, -0.2) is 52.0 Å². The van der Waals surface area contributed by atoms with Crippen LogP contribution in [0.5, 0.6) is 0 Å². The predicted octanol–water partition coefficient (Wildman–Crippen LogP) is 4.66. The summed E-state index contributed by atoms with van der Waals surface area (Å²) in [7, 11) is 0. The lowest BCUT2D eigenvalue weighted by atomic mass is 10.00. The number of urea groups is 1. The highest BCUT2D eigenvalue weighted by Gasteiger charge is 2.55. The molecule has 9 nitrogen and oxygen atoms in total. The molecule has 3 N–H and O–H groups in total. The number of carbonyl (C=O) groups is 4. The highest BCUT2D eigenvalue weighted by Crippen LogP contribution is 2.48. The first-order chi connectivity index (χ1) is 18.7. The van der Waals surface area contributed by atoms with Gasteiger partial charge in [0.05, 0.1) is 35.3 Å². The second-order valence-electron chi connectivity index (χ2n) is 9.92. The second-order valence-corrected chi connectivity index (χ2v) is 10.3. The van der Waals surface area contributed by atoms with Crippen molar-refractivity contribution in [1.82, 2.24) is 9.47 Å². The maximum Gasteiger partial charge on any atom is 0.323 e. The molecule has 1 aromatic heterocycles. The number of Topliss-reactive ketones (excluding diaryl/α,β-unsaturated/α-hetero) is 1. The van der Waals surface area contributed by atoms with Gasteiger partial charge in [0.2, 0.25) is 0 Å². The number of primary amides is 1. The molecule has 3 amide bonds. The van der Waals surface area contributed by atoms with E-state index in [4.69, 9.17) is 22.1 Å². The minimum atomic E-state index is -0.751. The van der Waals surface area contributed by atoms with E-state index < -0.39 is 29.9 Å². The number of fused-ring (bicyclic) bond motifs is 2. The second kappa shape index (κ2) is 10.7. The molecule has 3 atom stereocenters. The number of ether oxygens (including phenoxy) is 1. The van der Waals surface area contributed by atoms with Gasteiger partial charge in [-0.25, -0.2) is 14.0 Å². The van der Waals surface area contributed by atoms with Crippen LogP contribution < -0.4 is 11.1 Å². The smallest absolute Gasteiger partial charge is 0.323 e. The van der Waals surface area contributed by atoms with Crippen LogP contribution in [0.25, 0.3) is 10.9 Å². The molecule has 1 aliphatic carbocycles. The number of hydrogen-bond acceptors (Lipinski definition) is 5. The molecule has 5 rings (SSSR count). The summed E-state index contributed by atoms with van der Waals surface area (Å²) in [5.41, 5.74) is 7.34. The van der Waals surface area contributed by atoms with Crippen molar-refractivity contribution in [2.24, 2.45) is 11.7 Å². The van der Waals surface area contributed by atoms with E-state index >= 15 is 0 Å². The van der Waals surface area contributed by atoms with Gasteiger partial charge in [-0.2, -0.15) is 0 Å². The Morgan fingerprint density at radius 1 is 1.18 bits per heavy atom. The van der Waals surface area contributed by atoms with Crippen molar-refractivity contribution < 1.29 is 28.3 Å². The molecule has 2 aliphatic rings. The number of benzene rings is 2. The van der Waals surface area contributed by atoms with Gasteiger partial charge in [-0.1, -0.05) is 35.9 Å². The molecule has 2 fully saturated rings. The third kappa shape index (κ3) is 5.34. The summed E-state index contributed by atoms with van der Waals surface area (Å²) < 4.78 is 20.5. The summed E-state index contributed by atoms with van der Waals surface area (Å²) in [5, 5.41) is 3.41. The third-order valence-electron chi connectivity index (χ3n) is 7.39. The molecule has 39 heavy (non-hydrogen) atoms. The zero-order chi connectivity index (χ0) is 27.8. The van der Waals surface area contributed by atoms with Crippen LogP contribution in [0.4, 0.5) is 19.7 Å². The Morgan fingerprint density at radius 2 is 1.97 bits per heavy atom. The molecule has 2 aromatic carbocycles. The SMILES string of the molecule is CCOC(=O)Cc1ccc2c(NC(=O)N3[C@@H]4C[C@@H]4C[C@H]3C(=O)CCc3cccc(Cl)c3F)cn(C(N)=O)c2c1. The number of anilines is 1. The fraction of sp³-hybridized carbons (Fsp3) is 0.357. The molecule has 1 saturated heterocycles. The highest BCUT2D eigenvalue weighted by molar-refractivity contribution is 6.30. The highest BCUT2D eigenvalue weighted by atomic mass is 35.5. The zero-order valence-corrected chi connectivity index (χ0v) is 22.0. The van der Waals surface area contributed by atoms with E-state index in [2.05, 4.69) is 5.32 Å². The summed E-state index contributed by atoms with van der Waals surface area (Å²) in [5.74, 6) is -0.818. The van der Waals surface area contributed by atoms with Gasteiger partial charge >= 0.3 is 18.0 Å². The number of nitrogens with zero attached hydrogens (tertiary/aromatic N) is 2. The number of nitrogens with one attached hydrogen (secondary N) is 1. The fourth-order valence-electron chi connectivity index (χ4n) is 5.42. The molecular formula is C28H28ClFN4O5. The van der Waals surface area contributed by atoms with Crippen LogP contribution >= 0.6 is 11.6 Å². The Kier molecular flexibility index (Phi) is 7.31. The van der Waals surface area contributed by atoms with E-state index in [1.54, 1.807) is 42.2 Å². The summed E-state index contributed by atoms with van der Waals surface area (Å²) in [6.07, 6.45) is 3.10. The van der Waals surface area contributed by atoms with Crippen molar-refractivity contribution in [2.75, 3.05) is 11.9 Å². The number of piperidine rings is 1. The number of likely N-dealkylation sites (tertiary alicyclic amines) is 1. The number of esters is 1. The number of carbonyl (C=O) groups excluding carboxylic acids is 4. The molecule has 0 radical (unpaired) electrons. The van der Waals surface area contributed by atoms with E-state index in [0.29, 0.717) is 34.1 Å². The first-order valence-electron chi connectivity index (χ1n) is 12.8. The maximum absolute atomic E-state index is 14.3. The summed E-state index contributed by atoms with van der Waals surface area (Å²) in [6, 6.07) is 7.90. The zero-order valence-electron chi connectivity index (χ0n) is 21.3. The van der Waals surface area contributed by atoms with E-state index in [1.165, 1.54) is 16.8 Å². The molecule has 1 aliphatic heterocycles. The number of amides is 3. The Labute approximate surface area is 229 Å². The predicted molar refractivity (Wildman–Crippen MR) is 143 cm³/mol. The van der Waals surface area contributed by atoms with Crippen molar-refractivity contribution >= 4 is 52.0 Å². The summed E-state index contributed by atoms with van der Waals surface area (Å²) in [4.78, 5) is 52.2. The van der Waals surface area contributed by atoms with Gasteiger partial charge in [-0.15, -0.1) is 0 Å². The van der Waals surface area contributed by atoms with Gasteiger partial charge in [0.25, 0.3) is 0 Å². The standard InChI is InChI=1S/C28H28ClFN4O5/c1-2-39-25(36)11-15-6-8-18-20(14-33(27(31)37)22(18)10-15)32-28(38)34-21-12-17(21)13-23(34)24(35)9-7-16-4-3-5-19(29)26(16)30/h3-6,8,10,14,17,21,23H,2,7,9,11-13H2,1H3,(H2,31,37)(H,32,38)/t17-,21-,23+/m1/s1. The lowest BCUT2D eigenvalue weighted by Gasteiger charge is -2.27. The molecule has 11 heteroatoms. The summed E-state index contributed by atoms with van der Waals surface area (Å²) in [6.45, 7) is 1.98. The number of aromatic nitrogens is 1. The average Bonchev–Trinajstić information content (AvgIpc) is 3.40. The van der Waals surface area contributed by atoms with Gasteiger partial charge in [-0.3, -0.25) is 14.2 Å². The number of aryl methyl sites for hydroxylation is 1. The maximum atomic E-state index is 14.3. The first-order valence-corrected chi connectivity index (χ1v) is 13.2. The largest absolute Gasteiger partial charge is 0.466 e. The van der Waals surface area contributed by atoms with Crippen molar-refractivity contribution in [1.29, 1.82) is 0 Å². The number of rotatable bonds is 8. The fourth-order valence-corrected chi connectivity index (χ4v) is 5.62. The minimum Gasteiger partial charge on any atom is -0.466 e. The molecule has 3 aromatic rings. The molecule has 0 spiro atoms. The van der Waals surface area contributed by atoms with Crippen LogP contribution in [0.2, 0.25) is 5.02 Å². The van der Waals surface area contributed by atoms with Crippen molar-refractivity contribution in [3.63, 3.8) is 0 Å². The van der Waals surface area contributed by atoms with Gasteiger partial charge in [0, 0.05) is 24.0 Å². The van der Waals surface area contributed by atoms with Crippen molar-refractivity contribution in [3.05, 3.63) is 64.6 Å². The normalized spacial score (nSPS) is 19.6. The summed E-state index contributed by atoms with van der Waals surface area (Å²) >= 11 is 5.86. The molecule has 2 heterocycles. The van der Waals surface area contributed by atoms with E-state index in [9.17, 15) is 23.6 Å². The number of ketones is 1. The number of nitrogens with two attached hydrogens (primary N) is 1. The average molecular weight is 555 g/mol. The molecule has 204 valence electrons. The monoisotopic (exact) mass is 554 g/mol. The van der Waals surface area contributed by atoms with Gasteiger partial charge in [0.1, 0.15) is 5.82 Å². The van der Waals surface area contributed by atoms with Crippen LogP contribution in [0.1, 0.15) is 37.3 Å². The van der Waals surface area contributed by atoms with Crippen LogP contribution in [0.15, 0.2) is 42.6 Å². The Hall–Kier alpha value is -3.92. The van der Waals surface area contributed by atoms with Crippen LogP contribution in [-0.2, 0) is 27.2 Å². The Morgan fingerprint density at radius 3 is 2.72 bits per heavy atom. The molecule has 0 unspecified atom stereocenters. The molecule has 1 saturated carbocycles. The minimum absolute atomic E-state index is 0.00574. The third-order valence-corrected chi connectivity index (χ3v) is 7.68. The van der Waals surface area contributed by atoms with Crippen molar-refractivity contribution in [2.45, 2.75) is 51.1 Å². The Bertz CT molecular complexity index is 1490.